The van der Waals surface area contributed by atoms with Crippen molar-refractivity contribution in [2.24, 2.45) is 0 Å². The predicted molar refractivity (Wildman–Crippen MR) is 77.3 cm³/mol. The van der Waals surface area contributed by atoms with Gasteiger partial charge in [0.05, 0.1) is 11.4 Å². The van der Waals surface area contributed by atoms with Crippen LogP contribution in [0.4, 0.5) is 4.39 Å². The second kappa shape index (κ2) is 5.31. The molecule has 0 radical (unpaired) electrons. The van der Waals surface area contributed by atoms with Crippen LogP contribution in [0.2, 0.25) is 0 Å². The quantitative estimate of drug-likeness (QED) is 0.659. The Balaban J connectivity index is 1.99. The number of aryl methyl sites for hydroxylation is 2. The van der Waals surface area contributed by atoms with Crippen molar-refractivity contribution in [1.82, 2.24) is 9.55 Å². The molecule has 2 nitrogen and oxygen atoms in total. The third kappa shape index (κ3) is 2.38. The Hall–Kier alpha value is -1.39. The molecule has 0 atom stereocenters. The first kappa shape index (κ1) is 12.6. The standard InChI is InChI=1S/C14H12ClFN2S/c15-9-13-17-14-11(16)4-1-5-12(14)18(13)7-6-10-3-2-8-19-10/h1-5,8H,6-7,9H2. The molecule has 0 N–H and O–H groups in total. The molecule has 0 bridgehead atoms. The van der Waals surface area contributed by atoms with Crippen molar-refractivity contribution in [2.75, 3.05) is 0 Å². The molecule has 0 aliphatic heterocycles. The van der Waals surface area contributed by atoms with Crippen LogP contribution in [0.25, 0.3) is 11.0 Å². The van der Waals surface area contributed by atoms with Crippen LogP contribution in [-0.4, -0.2) is 9.55 Å². The van der Waals surface area contributed by atoms with Gasteiger partial charge >= 0.3 is 0 Å². The van der Waals surface area contributed by atoms with Crippen molar-refractivity contribution in [1.29, 1.82) is 0 Å². The molecule has 0 amide bonds. The van der Waals surface area contributed by atoms with Gasteiger partial charge in [-0.2, -0.15) is 0 Å². The number of fused-ring (bicyclic) bond motifs is 1. The molecule has 0 spiro atoms. The van der Waals surface area contributed by atoms with Gasteiger partial charge in [-0.3, -0.25) is 0 Å². The minimum atomic E-state index is -0.293. The van der Waals surface area contributed by atoms with E-state index in [4.69, 9.17) is 11.6 Å². The molecule has 19 heavy (non-hydrogen) atoms. The molecule has 0 saturated carbocycles. The van der Waals surface area contributed by atoms with Crippen molar-refractivity contribution in [2.45, 2.75) is 18.8 Å². The fourth-order valence-electron chi connectivity index (χ4n) is 2.19. The van der Waals surface area contributed by atoms with E-state index in [9.17, 15) is 4.39 Å². The highest BCUT2D eigenvalue weighted by Crippen LogP contribution is 2.21. The highest BCUT2D eigenvalue weighted by molar-refractivity contribution is 7.09. The number of benzene rings is 1. The van der Waals surface area contributed by atoms with E-state index >= 15 is 0 Å². The molecule has 5 heteroatoms. The van der Waals surface area contributed by atoms with Crippen molar-refractivity contribution < 1.29 is 4.39 Å². The summed E-state index contributed by atoms with van der Waals surface area (Å²) in [5.41, 5.74) is 1.22. The summed E-state index contributed by atoms with van der Waals surface area (Å²) < 4.78 is 15.7. The highest BCUT2D eigenvalue weighted by Gasteiger charge is 2.12. The number of aromatic nitrogens is 2. The molecule has 3 aromatic rings. The maximum atomic E-state index is 13.7. The van der Waals surface area contributed by atoms with Crippen molar-refractivity contribution in [3.8, 4) is 0 Å². The summed E-state index contributed by atoms with van der Waals surface area (Å²) in [6, 6.07) is 9.16. The van der Waals surface area contributed by atoms with E-state index in [1.807, 2.05) is 16.7 Å². The van der Waals surface area contributed by atoms with E-state index in [0.29, 0.717) is 11.4 Å². The molecule has 0 fully saturated rings. The Morgan fingerprint density at radius 3 is 2.89 bits per heavy atom. The minimum Gasteiger partial charge on any atom is -0.327 e. The zero-order valence-corrected chi connectivity index (χ0v) is 11.7. The van der Waals surface area contributed by atoms with Gasteiger partial charge in [0.15, 0.2) is 5.82 Å². The zero-order chi connectivity index (χ0) is 13.2. The number of imidazole rings is 1. The van der Waals surface area contributed by atoms with Gasteiger partial charge in [0, 0.05) is 11.4 Å². The van der Waals surface area contributed by atoms with Crippen LogP contribution >= 0.6 is 22.9 Å². The zero-order valence-electron chi connectivity index (χ0n) is 10.1. The van der Waals surface area contributed by atoms with Gasteiger partial charge in [0.2, 0.25) is 0 Å². The monoisotopic (exact) mass is 294 g/mol. The fourth-order valence-corrected chi connectivity index (χ4v) is 3.09. The summed E-state index contributed by atoms with van der Waals surface area (Å²) in [5, 5.41) is 2.06. The molecule has 0 aliphatic carbocycles. The van der Waals surface area contributed by atoms with Gasteiger partial charge in [-0.25, -0.2) is 9.37 Å². The number of nitrogens with zero attached hydrogens (tertiary/aromatic N) is 2. The molecule has 1 aromatic carbocycles. The van der Waals surface area contributed by atoms with E-state index in [-0.39, 0.29) is 5.82 Å². The summed E-state index contributed by atoms with van der Waals surface area (Å²) in [6.07, 6.45) is 0.906. The highest BCUT2D eigenvalue weighted by atomic mass is 35.5. The Morgan fingerprint density at radius 1 is 1.26 bits per heavy atom. The molecule has 2 aromatic heterocycles. The maximum Gasteiger partial charge on any atom is 0.151 e. The molecule has 0 aliphatic rings. The summed E-state index contributed by atoms with van der Waals surface area (Å²) in [7, 11) is 0. The number of hydrogen-bond acceptors (Lipinski definition) is 2. The molecular weight excluding hydrogens is 283 g/mol. The Bertz CT molecular complexity index is 691. The van der Waals surface area contributed by atoms with Gasteiger partial charge in [-0.05, 0) is 30.0 Å². The number of rotatable bonds is 4. The van der Waals surface area contributed by atoms with Crippen LogP contribution in [0, 0.1) is 5.82 Å². The number of alkyl halides is 1. The fraction of sp³-hybridized carbons (Fsp3) is 0.214. The topological polar surface area (TPSA) is 17.8 Å². The van der Waals surface area contributed by atoms with Crippen LogP contribution in [0.15, 0.2) is 35.7 Å². The lowest BCUT2D eigenvalue weighted by molar-refractivity contribution is 0.637. The van der Waals surface area contributed by atoms with Gasteiger partial charge < -0.3 is 4.57 Å². The third-order valence-corrected chi connectivity index (χ3v) is 4.27. The van der Waals surface area contributed by atoms with Crippen LogP contribution < -0.4 is 0 Å². The summed E-state index contributed by atoms with van der Waals surface area (Å²) in [5.74, 6) is 0.718. The van der Waals surface area contributed by atoms with Crippen LogP contribution in [0.5, 0.6) is 0 Å². The third-order valence-electron chi connectivity index (χ3n) is 3.09. The minimum absolute atomic E-state index is 0.290. The van der Waals surface area contributed by atoms with E-state index in [1.54, 1.807) is 17.4 Å². The molecule has 98 valence electrons. The average molecular weight is 295 g/mol. The summed E-state index contributed by atoms with van der Waals surface area (Å²) in [4.78, 5) is 5.59. The molecule has 2 heterocycles. The largest absolute Gasteiger partial charge is 0.327 e. The smallest absolute Gasteiger partial charge is 0.151 e. The number of para-hydroxylation sites is 1. The van der Waals surface area contributed by atoms with Crippen LogP contribution in [0.3, 0.4) is 0 Å². The lowest BCUT2D eigenvalue weighted by atomic mass is 10.3. The molecule has 3 rings (SSSR count). The number of thiophene rings is 1. The summed E-state index contributed by atoms with van der Waals surface area (Å²) >= 11 is 7.64. The normalized spacial score (nSPS) is 11.3. The lowest BCUT2D eigenvalue weighted by Gasteiger charge is -2.06. The molecular formula is C14H12ClFN2S. The van der Waals surface area contributed by atoms with Gasteiger partial charge in [0.1, 0.15) is 11.3 Å². The van der Waals surface area contributed by atoms with Crippen molar-refractivity contribution in [3.05, 3.63) is 52.2 Å². The molecule has 0 saturated heterocycles. The Morgan fingerprint density at radius 2 is 2.16 bits per heavy atom. The lowest BCUT2D eigenvalue weighted by Crippen LogP contribution is -2.04. The van der Waals surface area contributed by atoms with E-state index in [0.717, 1.165) is 24.3 Å². The van der Waals surface area contributed by atoms with Crippen LogP contribution in [0.1, 0.15) is 10.7 Å². The predicted octanol–water partition coefficient (Wildman–Crippen LogP) is 4.22. The summed E-state index contributed by atoms with van der Waals surface area (Å²) in [6.45, 7) is 0.766. The SMILES string of the molecule is Fc1cccc2c1nc(CCl)n2CCc1cccs1. The second-order valence-electron chi connectivity index (χ2n) is 4.25. The second-order valence-corrected chi connectivity index (χ2v) is 5.55. The van der Waals surface area contributed by atoms with Crippen LogP contribution in [-0.2, 0) is 18.8 Å². The van der Waals surface area contributed by atoms with E-state index in [1.165, 1.54) is 10.9 Å². The number of hydrogen-bond donors (Lipinski definition) is 0. The first-order chi connectivity index (χ1) is 9.29. The maximum absolute atomic E-state index is 13.7. The average Bonchev–Trinajstić information content (AvgIpc) is 3.03. The Kier molecular flexibility index (Phi) is 3.53. The first-order valence-electron chi connectivity index (χ1n) is 6.01. The van der Waals surface area contributed by atoms with E-state index in [2.05, 4.69) is 16.4 Å². The van der Waals surface area contributed by atoms with Crippen molar-refractivity contribution in [3.63, 3.8) is 0 Å². The van der Waals surface area contributed by atoms with E-state index < -0.39 is 0 Å². The number of halogens is 2. The van der Waals surface area contributed by atoms with Crippen molar-refractivity contribution >= 4 is 34.0 Å². The van der Waals surface area contributed by atoms with Gasteiger partial charge in [0.25, 0.3) is 0 Å². The first-order valence-corrected chi connectivity index (χ1v) is 7.43. The Labute approximate surface area is 119 Å². The van der Waals surface area contributed by atoms with Gasteiger partial charge in [-0.1, -0.05) is 12.1 Å². The van der Waals surface area contributed by atoms with Gasteiger partial charge in [-0.15, -0.1) is 22.9 Å². The molecule has 0 unspecified atom stereocenters.